The first-order valence-electron chi connectivity index (χ1n) is 5.78. The molecule has 0 amide bonds. The molecule has 0 radical (unpaired) electrons. The second-order valence-electron chi connectivity index (χ2n) is 4.49. The molecule has 0 saturated carbocycles. The third kappa shape index (κ3) is 2.81. The molecule has 1 aliphatic rings. The van der Waals surface area contributed by atoms with Gasteiger partial charge in [0, 0.05) is 13.1 Å². The van der Waals surface area contributed by atoms with Crippen molar-refractivity contribution in [1.29, 1.82) is 0 Å². The van der Waals surface area contributed by atoms with Crippen LogP contribution in [0.25, 0.3) is 0 Å². The largest absolute Gasteiger partial charge is 0.393 e. The number of hydrogen-bond acceptors (Lipinski definition) is 4. The quantitative estimate of drug-likeness (QED) is 0.761. The Balaban J connectivity index is 2.15. The topological polar surface area (TPSA) is 63.9 Å². The summed E-state index contributed by atoms with van der Waals surface area (Å²) in [6.45, 7) is 3.02. The van der Waals surface area contributed by atoms with E-state index in [4.69, 9.17) is 0 Å². The number of aliphatic hydroxyl groups excluding tert-OH is 1. The van der Waals surface area contributed by atoms with Gasteiger partial charge in [0.05, 0.1) is 11.0 Å². The molecule has 0 bridgehead atoms. The Hall–Kier alpha value is -0.590. The molecular formula is C12H19NO3S. The van der Waals surface area contributed by atoms with Gasteiger partial charge in [-0.15, -0.1) is 10.8 Å². The van der Waals surface area contributed by atoms with E-state index in [1.165, 1.54) is 0 Å². The number of rotatable bonds is 2. The lowest BCUT2D eigenvalue weighted by molar-refractivity contribution is 0.109. The molecular weight excluding hydrogens is 238 g/mol. The van der Waals surface area contributed by atoms with Crippen LogP contribution in [0.3, 0.4) is 0 Å². The summed E-state index contributed by atoms with van der Waals surface area (Å²) in [5, 5.41) is 9.42. The van der Waals surface area contributed by atoms with Crippen molar-refractivity contribution in [2.75, 3.05) is 13.1 Å². The van der Waals surface area contributed by atoms with E-state index >= 15 is 0 Å². The predicted octanol–water partition coefficient (Wildman–Crippen LogP) is 2.48. The minimum atomic E-state index is -2.88. The van der Waals surface area contributed by atoms with Crippen LogP contribution in [0.5, 0.6) is 0 Å². The first-order valence-corrected chi connectivity index (χ1v) is 7.28. The summed E-state index contributed by atoms with van der Waals surface area (Å²) >= 11 is 0. The normalized spacial score (nSPS) is 20.5. The Morgan fingerprint density at radius 3 is 2.18 bits per heavy atom. The first kappa shape index (κ1) is 12.9. The number of benzene rings is 1. The summed E-state index contributed by atoms with van der Waals surface area (Å²) < 4.78 is 22.2. The first-order chi connectivity index (χ1) is 8.00. The highest BCUT2D eigenvalue weighted by Crippen LogP contribution is 2.52. The standard InChI is InChI=1S/C12H19NO3S/c1-10-2-4-12(5-3-10)17(15,16)13-8-6-11(14)7-9-13/h2-5,11,14-16H,6-9H2,1H3. The lowest BCUT2D eigenvalue weighted by Gasteiger charge is -2.45. The number of nitrogens with zero attached hydrogens (tertiary/aromatic N) is 1. The molecule has 1 aromatic rings. The van der Waals surface area contributed by atoms with Crippen LogP contribution < -0.4 is 0 Å². The number of hydrogen-bond donors (Lipinski definition) is 3. The van der Waals surface area contributed by atoms with Crippen LogP contribution in [-0.4, -0.2) is 37.7 Å². The van der Waals surface area contributed by atoms with Gasteiger partial charge in [0.25, 0.3) is 0 Å². The van der Waals surface area contributed by atoms with Crippen LogP contribution in [-0.2, 0) is 0 Å². The summed E-state index contributed by atoms with van der Waals surface area (Å²) in [4.78, 5) is 0.555. The lowest BCUT2D eigenvalue weighted by atomic mass is 10.1. The molecule has 3 N–H and O–H groups in total. The van der Waals surface area contributed by atoms with E-state index in [1.807, 2.05) is 19.1 Å². The fraction of sp³-hybridized carbons (Fsp3) is 0.500. The third-order valence-corrected chi connectivity index (χ3v) is 5.11. The highest BCUT2D eigenvalue weighted by atomic mass is 32.3. The van der Waals surface area contributed by atoms with Crippen molar-refractivity contribution >= 4 is 10.8 Å². The zero-order valence-corrected chi connectivity index (χ0v) is 10.7. The van der Waals surface area contributed by atoms with Crippen LogP contribution in [0.4, 0.5) is 0 Å². The van der Waals surface area contributed by atoms with E-state index in [1.54, 1.807) is 16.4 Å². The van der Waals surface area contributed by atoms with Crippen molar-refractivity contribution in [3.8, 4) is 0 Å². The average molecular weight is 257 g/mol. The molecule has 17 heavy (non-hydrogen) atoms. The number of aliphatic hydroxyl groups is 1. The van der Waals surface area contributed by atoms with Crippen molar-refractivity contribution < 1.29 is 14.2 Å². The Morgan fingerprint density at radius 1 is 1.12 bits per heavy atom. The van der Waals surface area contributed by atoms with E-state index in [2.05, 4.69) is 0 Å². The monoisotopic (exact) mass is 257 g/mol. The van der Waals surface area contributed by atoms with E-state index in [0.29, 0.717) is 30.8 Å². The fourth-order valence-electron chi connectivity index (χ4n) is 1.97. The molecule has 1 aliphatic heterocycles. The Bertz CT molecular complexity index is 372. The van der Waals surface area contributed by atoms with Crippen molar-refractivity contribution in [1.82, 2.24) is 4.31 Å². The second-order valence-corrected chi connectivity index (χ2v) is 6.52. The molecule has 1 heterocycles. The highest BCUT2D eigenvalue weighted by Gasteiger charge is 2.28. The molecule has 1 aromatic carbocycles. The Morgan fingerprint density at radius 2 is 1.65 bits per heavy atom. The smallest absolute Gasteiger partial charge is 0.0752 e. The molecule has 0 aliphatic carbocycles. The molecule has 0 aromatic heterocycles. The molecule has 4 nitrogen and oxygen atoms in total. The fourth-order valence-corrected chi connectivity index (χ4v) is 3.49. The molecule has 1 saturated heterocycles. The van der Waals surface area contributed by atoms with Crippen LogP contribution >= 0.6 is 10.8 Å². The van der Waals surface area contributed by atoms with Gasteiger partial charge < -0.3 is 5.11 Å². The lowest BCUT2D eigenvalue weighted by Crippen LogP contribution is -2.37. The van der Waals surface area contributed by atoms with Gasteiger partial charge in [-0.3, -0.25) is 9.11 Å². The van der Waals surface area contributed by atoms with Crippen molar-refractivity contribution in [2.45, 2.75) is 30.8 Å². The van der Waals surface area contributed by atoms with Crippen LogP contribution in [0, 0.1) is 6.92 Å². The Labute approximate surface area is 103 Å². The maximum absolute atomic E-state index is 10.3. The SMILES string of the molecule is Cc1ccc(S(O)(O)N2CCC(O)CC2)cc1. The molecule has 0 atom stereocenters. The minimum Gasteiger partial charge on any atom is -0.393 e. The summed E-state index contributed by atoms with van der Waals surface area (Å²) in [5.41, 5.74) is 1.10. The summed E-state index contributed by atoms with van der Waals surface area (Å²) in [7, 11) is -2.88. The summed E-state index contributed by atoms with van der Waals surface area (Å²) in [6, 6.07) is 7.27. The summed E-state index contributed by atoms with van der Waals surface area (Å²) in [6.07, 6.45) is 0.892. The molecule has 96 valence electrons. The van der Waals surface area contributed by atoms with Crippen LogP contribution in [0.2, 0.25) is 0 Å². The van der Waals surface area contributed by atoms with E-state index < -0.39 is 10.8 Å². The van der Waals surface area contributed by atoms with Crippen molar-refractivity contribution in [3.63, 3.8) is 0 Å². The summed E-state index contributed by atoms with van der Waals surface area (Å²) in [5.74, 6) is 0. The van der Waals surface area contributed by atoms with Gasteiger partial charge in [0.1, 0.15) is 0 Å². The van der Waals surface area contributed by atoms with Crippen LogP contribution in [0.1, 0.15) is 18.4 Å². The second kappa shape index (κ2) is 4.96. The minimum absolute atomic E-state index is 0.306. The van der Waals surface area contributed by atoms with Gasteiger partial charge in [0.15, 0.2) is 0 Å². The van der Waals surface area contributed by atoms with Gasteiger partial charge in [-0.05, 0) is 31.9 Å². The molecule has 1 fully saturated rings. The van der Waals surface area contributed by atoms with Gasteiger partial charge in [-0.2, -0.15) is 0 Å². The van der Waals surface area contributed by atoms with E-state index in [0.717, 1.165) is 5.56 Å². The van der Waals surface area contributed by atoms with Gasteiger partial charge >= 0.3 is 0 Å². The van der Waals surface area contributed by atoms with Crippen LogP contribution in [0.15, 0.2) is 29.2 Å². The molecule has 0 unspecified atom stereocenters. The van der Waals surface area contributed by atoms with Crippen molar-refractivity contribution in [2.24, 2.45) is 0 Å². The Kier molecular flexibility index (Phi) is 3.75. The van der Waals surface area contributed by atoms with Gasteiger partial charge in [-0.25, -0.2) is 4.31 Å². The zero-order valence-electron chi connectivity index (χ0n) is 9.91. The highest BCUT2D eigenvalue weighted by molar-refractivity contribution is 8.22. The molecule has 5 heteroatoms. The average Bonchev–Trinajstić information content (AvgIpc) is 2.30. The third-order valence-electron chi connectivity index (χ3n) is 3.12. The maximum atomic E-state index is 10.3. The van der Waals surface area contributed by atoms with Crippen molar-refractivity contribution in [3.05, 3.63) is 29.8 Å². The number of aryl methyl sites for hydroxylation is 1. The van der Waals surface area contributed by atoms with E-state index in [9.17, 15) is 14.2 Å². The maximum Gasteiger partial charge on any atom is 0.0752 e. The van der Waals surface area contributed by atoms with Gasteiger partial charge in [0.2, 0.25) is 0 Å². The zero-order chi connectivity index (χ0) is 12.5. The van der Waals surface area contributed by atoms with E-state index in [-0.39, 0.29) is 6.10 Å². The number of piperidine rings is 1. The molecule has 2 rings (SSSR count). The predicted molar refractivity (Wildman–Crippen MR) is 69.1 cm³/mol. The molecule has 0 spiro atoms. The van der Waals surface area contributed by atoms with Gasteiger partial charge in [-0.1, -0.05) is 17.7 Å².